The Morgan fingerprint density at radius 1 is 0.540 bits per heavy atom. The van der Waals surface area contributed by atoms with Gasteiger partial charge < -0.3 is 93.0 Å². The number of carbonyl (C=O) groups excluding carboxylic acids is 3. The van der Waals surface area contributed by atoms with Crippen LogP contribution in [0.2, 0.25) is 15.6 Å². The van der Waals surface area contributed by atoms with E-state index < -0.39 is 0 Å². The van der Waals surface area contributed by atoms with Gasteiger partial charge in [-0.05, 0) is 176 Å². The van der Waals surface area contributed by atoms with Gasteiger partial charge in [0.15, 0.2) is 17.5 Å². The van der Waals surface area contributed by atoms with Crippen molar-refractivity contribution in [3.8, 4) is 0 Å². The Bertz CT molecular complexity index is 4330. The molecule has 7 N–H and O–H groups in total. The number of piperidine rings is 6. The molecule has 3 amide bonds. The van der Waals surface area contributed by atoms with Crippen LogP contribution in [0.1, 0.15) is 188 Å². The van der Waals surface area contributed by atoms with Crippen LogP contribution in [0.25, 0.3) is 5.76 Å². The molecule has 0 saturated carbocycles. The molecule has 45 heteroatoms. The number of aromatic nitrogens is 12. The molecule has 6 aromatic heterocycles. The third-order valence-electron chi connectivity index (χ3n) is 22.4. The summed E-state index contributed by atoms with van der Waals surface area (Å²) in [5, 5.41) is 34.6. The maximum absolute atomic E-state index is 12.8. The Hall–Kier alpha value is -3.44. The molecule has 0 spiro atoms. The Kier molecular flexibility index (Phi) is 47.7. The van der Waals surface area contributed by atoms with E-state index in [-0.39, 0.29) is 127 Å². The first-order chi connectivity index (χ1) is 59.4. The van der Waals surface area contributed by atoms with E-state index in [9.17, 15) is 14.4 Å². The van der Waals surface area contributed by atoms with E-state index in [1.54, 1.807) is 33.5 Å². The van der Waals surface area contributed by atoms with Gasteiger partial charge in [0, 0.05) is 156 Å². The Labute approximate surface area is 814 Å². The van der Waals surface area contributed by atoms with E-state index in [2.05, 4.69) is 162 Å². The summed E-state index contributed by atoms with van der Waals surface area (Å²) >= 11 is 29.1. The van der Waals surface area contributed by atoms with Crippen LogP contribution in [0.4, 0.5) is 61.2 Å². The minimum atomic E-state index is -0.317. The topological polar surface area (TPSA) is 371 Å². The molecule has 9 aliphatic heterocycles. The van der Waals surface area contributed by atoms with Crippen molar-refractivity contribution in [3.05, 3.63) is 92.6 Å². The quantitative estimate of drug-likeness (QED) is 0.00739. The predicted octanol–water partition coefficient (Wildman–Crippen LogP) is 17.6. The molecule has 15 rings (SSSR count). The zero-order valence-corrected chi connectivity index (χ0v) is 90.3. The van der Waals surface area contributed by atoms with Crippen LogP contribution in [-0.2, 0) is 47.2 Å². The van der Waals surface area contributed by atoms with Crippen LogP contribution in [0.5, 0.6) is 0 Å². The normalized spacial score (nSPS) is 22.1. The Morgan fingerprint density at radius 3 is 1.25 bits per heavy atom. The minimum absolute atomic E-state index is 0. The van der Waals surface area contributed by atoms with E-state index in [1.807, 2.05) is 128 Å². The molecular weight excluding hydrogens is 2480 g/mol. The van der Waals surface area contributed by atoms with Crippen LogP contribution in [0, 0.1) is 20.8 Å². The van der Waals surface area contributed by atoms with E-state index in [4.69, 9.17) is 92.0 Å². The number of hydrogen-bond acceptors (Lipinski definition) is 28. The number of nitrogens with zero attached hydrogens (tertiary/aromatic N) is 14. The second-order valence-electron chi connectivity index (χ2n) is 31.4. The monoisotopic (exact) mass is 2610 g/mol. The molecule has 7 saturated heterocycles. The SMILES string of the molecule is C.C.CC.CC1(C)OB(C2=CCCO2)OC1(C)C.CNC1C[C@H]2CCC[C@@H](C1)N2C(=O)OCCOC.COCCOC(=O)N1[C@@H]2CCC[C@H]1CC(N(C)c1nc(Cl)cc(Nc3cc(C)[nH]n3)n1)C2.COCCOC(=O)N1[C@@H]2CCC[C@H]1CC(N(C)c1nc(Nc3cc(C)[nH]n3)cc(C3=CCCO3)n1)C2.Cc1cc(Nc2cc(Cl)nc(Cl)n2)n[nH]1.I[I-]I(I)I(I)I. The summed E-state index contributed by atoms with van der Waals surface area (Å²) in [6.07, 6.45) is 20.4. The number of fused-ring (bicyclic) bond motifs is 6. The summed E-state index contributed by atoms with van der Waals surface area (Å²) in [7, 11) is 10.0. The molecule has 0 aliphatic carbocycles. The molecule has 6 aromatic rings. The summed E-state index contributed by atoms with van der Waals surface area (Å²) < 4.78 is 54.0. The number of rotatable bonds is 24. The fourth-order valence-corrected chi connectivity index (χ4v) is 226. The predicted molar refractivity (Wildman–Crippen MR) is 548 cm³/mol. The summed E-state index contributed by atoms with van der Waals surface area (Å²) in [6.45, 7) is 21.5. The van der Waals surface area contributed by atoms with Gasteiger partial charge in [-0.2, -0.15) is 25.3 Å². The van der Waals surface area contributed by atoms with Gasteiger partial charge in [-0.1, -0.05) is 51.9 Å². The summed E-state index contributed by atoms with van der Waals surface area (Å²) in [5.74, 6) is 5.71. The first-order valence-electron chi connectivity index (χ1n) is 41.6. The maximum atomic E-state index is 12.8. The van der Waals surface area contributed by atoms with Crippen molar-refractivity contribution in [3.63, 3.8) is 0 Å². The average Bonchev–Trinajstić information content (AvgIpc) is 1.10. The fourth-order valence-electron chi connectivity index (χ4n) is 15.9. The van der Waals surface area contributed by atoms with Crippen LogP contribution in [0.15, 0.2) is 54.2 Å². The molecule has 9 atom stereocenters. The number of aromatic amines is 3. The van der Waals surface area contributed by atoms with Crippen molar-refractivity contribution < 1.29 is 74.8 Å². The Balaban J connectivity index is 0.000000219. The molecule has 0 radical (unpaired) electrons. The molecule has 126 heavy (non-hydrogen) atoms. The molecular formula is C81H127BCl3I7N21O13-. The second-order valence-corrected chi connectivity index (χ2v) is 146. The van der Waals surface area contributed by atoms with Gasteiger partial charge in [0.05, 0.1) is 44.2 Å². The van der Waals surface area contributed by atoms with Crippen molar-refractivity contribution in [1.29, 1.82) is 0 Å². The van der Waals surface area contributed by atoms with Gasteiger partial charge in [0.1, 0.15) is 64.7 Å². The molecule has 34 nitrogen and oxygen atoms in total. The van der Waals surface area contributed by atoms with Crippen molar-refractivity contribution in [2.75, 3.05) is 121 Å². The second kappa shape index (κ2) is 54.8. The zero-order valence-electron chi connectivity index (χ0n) is 72.9. The number of methoxy groups -OCH3 is 3. The first-order valence-corrected chi connectivity index (χ1v) is 80.5. The number of aryl methyl sites for hydroxylation is 3. The van der Waals surface area contributed by atoms with E-state index in [0.717, 1.165) is 144 Å². The van der Waals surface area contributed by atoms with Gasteiger partial charge in [-0.3, -0.25) is 15.3 Å². The summed E-state index contributed by atoms with van der Waals surface area (Å²) in [5.41, 5.74) is 3.90. The van der Waals surface area contributed by atoms with Crippen molar-refractivity contribution in [1.82, 2.24) is 80.5 Å². The Morgan fingerprint density at radius 2 is 0.913 bits per heavy atom. The molecule has 15 heterocycles. The molecule has 0 aromatic carbocycles. The van der Waals surface area contributed by atoms with Crippen LogP contribution in [-0.4, -0.2) is 261 Å². The standard InChI is InChI=1S/C25H35N7O4.C21H30ClN7O3.C13H24N2O3.C10H17BO3.C8H7Cl2N5.C2H6.2CH4.I7/c1-16-12-23(30-29-16)27-22-15-20(21-8-5-9-35-21)26-24(28-22)31(2)19-13-17-6-4-7-18(14-19)32(17)25(33)36-11-10-34-3;1-13-9-19(27-26-13)24-18-12-17(22)23-20(25-18)28(2)16-10-14-5-4-6-15(11-16)29(14)21(30)32-8-7-31-3;1-14-10-8-11-4-3-5-12(9-10)15(11)13(16)18-7-6-17-2;1-9(2)10(3,4)14-11(13-9)8-6-5-7-12-8;1-4-2-7(15-14-4)12-6-3-5(9)11-8(10)13-6;1-2;;;1-5-7(4)6(2)3/h8,12,15,17-19H,4-7,9-11,13-14H2,1-3H3,(H2,26,27,28,29,30);9,12,14-16H,4-8,10-11H2,1-3H3,(H2,23,24,25,26,27);10-12,14H,3-9H2,1-2H3;6H,5,7H2,1-4H3;2-3H,1H3,(H2,11,12,13,14,15);1-2H3;2*1H4;/q;;;;;;;;-1/t17-,18+,19?;14-,15+,16?;10?,11-,12+;;;;;;. The number of anilines is 8. The fraction of sp³-hybridized carbons (Fsp3) is 0.654. The van der Waals surface area contributed by atoms with Crippen molar-refractivity contribution in [2.45, 2.75) is 252 Å². The average molecular weight is 2610 g/mol. The van der Waals surface area contributed by atoms with E-state index in [0.29, 0.717) is 116 Å². The van der Waals surface area contributed by atoms with E-state index >= 15 is 0 Å². The van der Waals surface area contributed by atoms with Gasteiger partial charge in [-0.25, -0.2) is 34.3 Å². The van der Waals surface area contributed by atoms with Crippen LogP contribution >= 0.6 is 125 Å². The zero-order chi connectivity index (χ0) is 89.8. The van der Waals surface area contributed by atoms with Gasteiger partial charge in [0.2, 0.25) is 17.2 Å². The van der Waals surface area contributed by atoms with Crippen molar-refractivity contribution in [2.24, 2.45) is 0 Å². The van der Waals surface area contributed by atoms with Crippen LogP contribution in [0.3, 0.4) is 0 Å². The molecule has 7 fully saturated rings. The number of nitrogens with one attached hydrogen (secondary N) is 7. The first kappa shape index (κ1) is 110. The number of ether oxygens (including phenoxy) is 8. The van der Waals surface area contributed by atoms with Crippen molar-refractivity contribution >= 4 is 203 Å². The third-order valence-corrected chi connectivity index (χ3v) is 271. The number of amides is 3. The molecule has 3 unspecified atom stereocenters. The van der Waals surface area contributed by atoms with Gasteiger partial charge in [-0.15, -0.1) is 0 Å². The van der Waals surface area contributed by atoms with E-state index in [1.165, 1.54) is 6.42 Å². The molecule has 708 valence electrons. The third kappa shape index (κ3) is 32.7. The van der Waals surface area contributed by atoms with Gasteiger partial charge >= 0.3 is 129 Å². The number of H-pyrrole nitrogens is 3. The summed E-state index contributed by atoms with van der Waals surface area (Å²) in [4.78, 5) is 74.2. The molecule has 9 aliphatic rings. The number of carbonyl (C=O) groups is 3. The van der Waals surface area contributed by atoms with Gasteiger partial charge in [0.25, 0.3) is 0 Å². The summed E-state index contributed by atoms with van der Waals surface area (Å²) in [6, 6.07) is 13.0. The van der Waals surface area contributed by atoms with Crippen LogP contribution < -0.4 is 44.3 Å². The molecule has 6 bridgehead atoms. The number of halogens is 10. The number of hydrogen-bond donors (Lipinski definition) is 7.